The van der Waals surface area contributed by atoms with Crippen LogP contribution in [0.25, 0.3) is 5.95 Å². The molecule has 0 unspecified atom stereocenters. The van der Waals surface area contributed by atoms with Crippen LogP contribution < -0.4 is 0 Å². The Morgan fingerprint density at radius 3 is 2.95 bits per heavy atom. The van der Waals surface area contributed by atoms with Crippen LogP contribution in [0.4, 0.5) is 0 Å². The highest BCUT2D eigenvalue weighted by molar-refractivity contribution is 6.31. The van der Waals surface area contributed by atoms with Crippen molar-refractivity contribution in [3.63, 3.8) is 0 Å². The molecule has 7 nitrogen and oxygen atoms in total. The van der Waals surface area contributed by atoms with E-state index in [-0.39, 0.29) is 29.2 Å². The Balaban J connectivity index is 2.40. The first kappa shape index (κ1) is 13.3. The zero-order valence-corrected chi connectivity index (χ0v) is 11.0. The Morgan fingerprint density at radius 1 is 1.58 bits per heavy atom. The summed E-state index contributed by atoms with van der Waals surface area (Å²) in [4.78, 5) is 19.3. The monoisotopic (exact) mass is 282 g/mol. The minimum absolute atomic E-state index is 0.0409. The molecule has 0 fully saturated rings. The van der Waals surface area contributed by atoms with Crippen LogP contribution in [0, 0.1) is 6.92 Å². The van der Waals surface area contributed by atoms with Gasteiger partial charge in [-0.1, -0.05) is 11.6 Å². The lowest BCUT2D eigenvalue weighted by Gasteiger charge is -2.02. The fourth-order valence-electron chi connectivity index (χ4n) is 1.43. The maximum absolute atomic E-state index is 11.6. The number of aryl methyl sites for hydroxylation is 1. The molecular formula is C11H11ClN4O3. The molecular weight excluding hydrogens is 272 g/mol. The van der Waals surface area contributed by atoms with Crippen molar-refractivity contribution in [1.82, 2.24) is 19.7 Å². The van der Waals surface area contributed by atoms with E-state index in [1.807, 2.05) is 0 Å². The SMILES string of the molecule is CCOC(=O)c1cc(C)n(-c2ncc(Cl)c(O)n2)n1. The van der Waals surface area contributed by atoms with Crippen molar-refractivity contribution in [3.05, 3.63) is 28.7 Å². The van der Waals surface area contributed by atoms with Gasteiger partial charge in [0.2, 0.25) is 5.88 Å². The molecule has 0 radical (unpaired) electrons. The molecule has 100 valence electrons. The number of ether oxygens (including phenoxy) is 1. The number of nitrogens with zero attached hydrogens (tertiary/aromatic N) is 4. The van der Waals surface area contributed by atoms with Crippen LogP contribution >= 0.6 is 11.6 Å². The van der Waals surface area contributed by atoms with E-state index in [1.54, 1.807) is 19.9 Å². The van der Waals surface area contributed by atoms with Crippen LogP contribution in [0.15, 0.2) is 12.3 Å². The summed E-state index contributed by atoms with van der Waals surface area (Å²) >= 11 is 5.63. The topological polar surface area (TPSA) is 90.1 Å². The van der Waals surface area contributed by atoms with Gasteiger partial charge in [-0.2, -0.15) is 10.1 Å². The highest BCUT2D eigenvalue weighted by Crippen LogP contribution is 2.20. The summed E-state index contributed by atoms with van der Waals surface area (Å²) in [5.41, 5.74) is 0.780. The molecule has 8 heteroatoms. The molecule has 0 saturated heterocycles. The summed E-state index contributed by atoms with van der Waals surface area (Å²) in [6, 6.07) is 1.55. The van der Waals surface area contributed by atoms with E-state index in [9.17, 15) is 9.90 Å². The van der Waals surface area contributed by atoms with Crippen LogP contribution in [-0.4, -0.2) is 37.4 Å². The molecule has 0 aromatic carbocycles. The first-order valence-corrected chi connectivity index (χ1v) is 5.86. The number of esters is 1. The number of carbonyl (C=O) groups is 1. The smallest absolute Gasteiger partial charge is 0.358 e. The lowest BCUT2D eigenvalue weighted by molar-refractivity contribution is 0.0519. The summed E-state index contributed by atoms with van der Waals surface area (Å²) in [5.74, 6) is -0.753. The largest absolute Gasteiger partial charge is 0.492 e. The van der Waals surface area contributed by atoms with E-state index in [0.717, 1.165) is 0 Å². The van der Waals surface area contributed by atoms with Gasteiger partial charge >= 0.3 is 5.97 Å². The van der Waals surface area contributed by atoms with Gasteiger partial charge in [-0.3, -0.25) is 0 Å². The second-order valence-corrected chi connectivity index (χ2v) is 4.05. The van der Waals surface area contributed by atoms with Gasteiger partial charge in [0.05, 0.1) is 12.8 Å². The van der Waals surface area contributed by atoms with Crippen molar-refractivity contribution in [2.75, 3.05) is 6.61 Å². The Kier molecular flexibility index (Phi) is 3.66. The van der Waals surface area contributed by atoms with E-state index < -0.39 is 5.97 Å². The third-order valence-corrected chi connectivity index (χ3v) is 2.54. The van der Waals surface area contributed by atoms with Gasteiger partial charge in [-0.05, 0) is 19.9 Å². The maximum atomic E-state index is 11.6. The molecule has 2 aromatic heterocycles. The molecule has 0 aliphatic rings. The molecule has 2 aromatic rings. The van der Waals surface area contributed by atoms with Gasteiger partial charge in [0.1, 0.15) is 5.02 Å². The minimum Gasteiger partial charge on any atom is -0.492 e. The van der Waals surface area contributed by atoms with Gasteiger partial charge in [-0.15, -0.1) is 0 Å². The number of rotatable bonds is 3. The van der Waals surface area contributed by atoms with Crippen molar-refractivity contribution >= 4 is 17.6 Å². The van der Waals surface area contributed by atoms with Crippen molar-refractivity contribution < 1.29 is 14.6 Å². The number of hydrogen-bond acceptors (Lipinski definition) is 6. The summed E-state index contributed by atoms with van der Waals surface area (Å²) in [5, 5.41) is 13.5. The van der Waals surface area contributed by atoms with Crippen molar-refractivity contribution in [2.24, 2.45) is 0 Å². The van der Waals surface area contributed by atoms with Crippen molar-refractivity contribution in [1.29, 1.82) is 0 Å². The van der Waals surface area contributed by atoms with Crippen LogP contribution in [0.1, 0.15) is 23.1 Å². The number of aromatic hydroxyl groups is 1. The summed E-state index contributed by atoms with van der Waals surface area (Å²) in [6.45, 7) is 3.70. The van der Waals surface area contributed by atoms with Crippen LogP contribution in [-0.2, 0) is 4.74 Å². The molecule has 0 atom stereocenters. The third-order valence-electron chi connectivity index (χ3n) is 2.27. The fraction of sp³-hybridized carbons (Fsp3) is 0.273. The second-order valence-electron chi connectivity index (χ2n) is 3.64. The summed E-state index contributed by atoms with van der Waals surface area (Å²) in [7, 11) is 0. The third kappa shape index (κ3) is 2.65. The van der Waals surface area contributed by atoms with Crippen LogP contribution in [0.3, 0.4) is 0 Å². The lowest BCUT2D eigenvalue weighted by atomic mass is 10.4. The average molecular weight is 283 g/mol. The van der Waals surface area contributed by atoms with Gasteiger partial charge in [0.15, 0.2) is 5.69 Å². The molecule has 2 rings (SSSR count). The first-order chi connectivity index (χ1) is 9.02. The molecule has 0 amide bonds. The highest BCUT2D eigenvalue weighted by atomic mass is 35.5. The van der Waals surface area contributed by atoms with E-state index in [0.29, 0.717) is 5.69 Å². The molecule has 0 spiro atoms. The first-order valence-electron chi connectivity index (χ1n) is 5.48. The molecule has 2 heterocycles. The minimum atomic E-state index is -0.525. The lowest BCUT2D eigenvalue weighted by Crippen LogP contribution is -2.08. The molecule has 0 bridgehead atoms. The summed E-state index contributed by atoms with van der Waals surface area (Å²) in [6.07, 6.45) is 1.25. The van der Waals surface area contributed by atoms with Gasteiger partial charge in [-0.25, -0.2) is 14.5 Å². The summed E-state index contributed by atoms with van der Waals surface area (Å²) < 4.78 is 6.17. The molecule has 0 aliphatic heterocycles. The van der Waals surface area contributed by atoms with Crippen molar-refractivity contribution in [3.8, 4) is 11.8 Å². The number of aromatic nitrogens is 4. The van der Waals surface area contributed by atoms with Crippen molar-refractivity contribution in [2.45, 2.75) is 13.8 Å². The van der Waals surface area contributed by atoms with Gasteiger partial charge < -0.3 is 9.84 Å². The molecule has 0 aliphatic carbocycles. The van der Waals surface area contributed by atoms with Gasteiger partial charge in [0.25, 0.3) is 5.95 Å². The molecule has 0 saturated carbocycles. The molecule has 19 heavy (non-hydrogen) atoms. The van der Waals surface area contributed by atoms with Gasteiger partial charge in [0, 0.05) is 5.69 Å². The quantitative estimate of drug-likeness (QED) is 0.858. The number of hydrogen-bond donors (Lipinski definition) is 1. The van der Waals surface area contributed by atoms with E-state index >= 15 is 0 Å². The zero-order valence-electron chi connectivity index (χ0n) is 10.3. The maximum Gasteiger partial charge on any atom is 0.358 e. The predicted molar refractivity (Wildman–Crippen MR) is 66.5 cm³/mol. The Bertz CT molecular complexity index is 626. The van der Waals surface area contributed by atoms with E-state index in [4.69, 9.17) is 16.3 Å². The average Bonchev–Trinajstić information content (AvgIpc) is 2.75. The Morgan fingerprint density at radius 2 is 2.32 bits per heavy atom. The van der Waals surface area contributed by atoms with Crippen LogP contribution in [0.2, 0.25) is 5.02 Å². The highest BCUT2D eigenvalue weighted by Gasteiger charge is 2.16. The second kappa shape index (κ2) is 5.23. The fourth-order valence-corrected chi connectivity index (χ4v) is 1.52. The molecule has 1 N–H and O–H groups in total. The number of carbonyl (C=O) groups excluding carboxylic acids is 1. The number of halogens is 1. The van der Waals surface area contributed by atoms with E-state index in [2.05, 4.69) is 15.1 Å². The van der Waals surface area contributed by atoms with Crippen LogP contribution in [0.5, 0.6) is 5.88 Å². The Labute approximate surface area is 113 Å². The zero-order chi connectivity index (χ0) is 14.0. The standard InChI is InChI=1S/C11H11ClN4O3/c1-3-19-10(18)8-4-6(2)16(15-8)11-13-5-7(12)9(17)14-11/h4-5H,3H2,1-2H3,(H,13,14,17). The Hall–Kier alpha value is -2.15. The normalized spacial score (nSPS) is 10.5. The van der Waals surface area contributed by atoms with E-state index in [1.165, 1.54) is 10.9 Å². The predicted octanol–water partition coefficient (Wildman–Crippen LogP) is 1.51.